The molecule has 1 aromatic rings. The third kappa shape index (κ3) is 5.61. The number of nitrogens with zero attached hydrogens (tertiary/aromatic N) is 3. The van der Waals surface area contributed by atoms with Gasteiger partial charge in [-0.3, -0.25) is 0 Å². The van der Waals surface area contributed by atoms with E-state index in [1.165, 1.54) is 31.2 Å². The molecular formula is C15H23N3O2. The molecule has 110 valence electrons. The van der Waals surface area contributed by atoms with Gasteiger partial charge in [-0.15, -0.1) is 0 Å². The van der Waals surface area contributed by atoms with E-state index in [1.54, 1.807) is 0 Å². The summed E-state index contributed by atoms with van der Waals surface area (Å²) in [6, 6.07) is 7.59. The summed E-state index contributed by atoms with van der Waals surface area (Å²) < 4.78 is 0. The second-order valence-corrected chi connectivity index (χ2v) is 4.98. The van der Waals surface area contributed by atoms with Crippen LogP contribution in [0.3, 0.4) is 0 Å². The third-order valence-corrected chi connectivity index (χ3v) is 3.34. The van der Waals surface area contributed by atoms with Crippen LogP contribution < -0.4 is 0 Å². The van der Waals surface area contributed by atoms with Crippen molar-refractivity contribution < 1.29 is 10.2 Å². The van der Waals surface area contributed by atoms with E-state index in [2.05, 4.69) is 16.9 Å². The number of aliphatic hydroxyl groups is 2. The maximum atomic E-state index is 9.92. The van der Waals surface area contributed by atoms with Crippen molar-refractivity contribution in [3.63, 3.8) is 0 Å². The Morgan fingerprint density at radius 2 is 1.85 bits per heavy atom. The summed E-state index contributed by atoms with van der Waals surface area (Å²) in [6.45, 7) is 2.06. The number of hydrogen-bond acceptors (Lipinski definition) is 3. The standard InChI is InChI=1S/C15H23N3O2/c1-2-3-4-5-6-12-7-9-13(10-8-12)15(20)14(19)11-17-18-16/h7-10,14-15,19-20H,2-6,11H2,1H3. The lowest BCUT2D eigenvalue weighted by atomic mass is 10.0. The van der Waals surface area contributed by atoms with E-state index in [1.807, 2.05) is 24.3 Å². The van der Waals surface area contributed by atoms with Crippen molar-refractivity contribution >= 4 is 0 Å². The highest BCUT2D eigenvalue weighted by Crippen LogP contribution is 2.19. The fourth-order valence-corrected chi connectivity index (χ4v) is 2.08. The Labute approximate surface area is 119 Å². The van der Waals surface area contributed by atoms with Crippen LogP contribution in [-0.4, -0.2) is 22.9 Å². The molecule has 0 heterocycles. The number of azide groups is 1. The zero-order valence-electron chi connectivity index (χ0n) is 11.9. The molecule has 2 atom stereocenters. The lowest BCUT2D eigenvalue weighted by Gasteiger charge is -2.16. The molecule has 0 aromatic heterocycles. The summed E-state index contributed by atoms with van der Waals surface area (Å²) in [5.41, 5.74) is 10.1. The van der Waals surface area contributed by atoms with Crippen LogP contribution in [0.5, 0.6) is 0 Å². The molecule has 1 aromatic carbocycles. The van der Waals surface area contributed by atoms with Crippen LogP contribution in [0, 0.1) is 0 Å². The number of rotatable bonds is 9. The minimum Gasteiger partial charge on any atom is -0.390 e. The molecule has 0 saturated carbocycles. The van der Waals surface area contributed by atoms with Gasteiger partial charge in [-0.05, 0) is 29.5 Å². The Hall–Kier alpha value is -1.55. The summed E-state index contributed by atoms with van der Waals surface area (Å²) in [5.74, 6) is 0. The van der Waals surface area contributed by atoms with Crippen LogP contribution in [0.1, 0.15) is 49.8 Å². The van der Waals surface area contributed by atoms with Gasteiger partial charge in [0.25, 0.3) is 0 Å². The van der Waals surface area contributed by atoms with Crippen LogP contribution >= 0.6 is 0 Å². The fraction of sp³-hybridized carbons (Fsp3) is 0.600. The number of unbranched alkanes of at least 4 members (excludes halogenated alkanes) is 3. The van der Waals surface area contributed by atoms with Crippen LogP contribution in [0.25, 0.3) is 10.4 Å². The molecule has 0 aliphatic rings. The topological polar surface area (TPSA) is 89.2 Å². The first-order chi connectivity index (χ1) is 9.69. The maximum absolute atomic E-state index is 9.92. The molecule has 20 heavy (non-hydrogen) atoms. The smallest absolute Gasteiger partial charge is 0.105 e. The van der Waals surface area contributed by atoms with E-state index < -0.39 is 12.2 Å². The molecule has 5 heteroatoms. The highest BCUT2D eigenvalue weighted by molar-refractivity contribution is 5.25. The van der Waals surface area contributed by atoms with Gasteiger partial charge in [-0.2, -0.15) is 0 Å². The second-order valence-electron chi connectivity index (χ2n) is 4.98. The number of aryl methyl sites for hydroxylation is 1. The lowest BCUT2D eigenvalue weighted by molar-refractivity contribution is 0.0244. The SMILES string of the molecule is CCCCCCc1ccc(C(O)C(O)CN=[N+]=[N-])cc1. The van der Waals surface area contributed by atoms with Crippen molar-refractivity contribution in [1.29, 1.82) is 0 Å². The molecule has 0 aliphatic carbocycles. The predicted octanol–water partition coefficient (Wildman–Crippen LogP) is 3.51. The highest BCUT2D eigenvalue weighted by atomic mass is 16.3. The Balaban J connectivity index is 2.50. The van der Waals surface area contributed by atoms with Crippen molar-refractivity contribution in [2.75, 3.05) is 6.54 Å². The average molecular weight is 277 g/mol. The van der Waals surface area contributed by atoms with Crippen molar-refractivity contribution in [3.8, 4) is 0 Å². The van der Waals surface area contributed by atoms with Gasteiger partial charge in [-0.1, -0.05) is 55.6 Å². The van der Waals surface area contributed by atoms with Crippen LogP contribution in [0.4, 0.5) is 0 Å². The summed E-state index contributed by atoms with van der Waals surface area (Å²) >= 11 is 0. The van der Waals surface area contributed by atoms with Crippen molar-refractivity contribution in [2.45, 2.75) is 51.2 Å². The molecule has 0 bridgehead atoms. The van der Waals surface area contributed by atoms with Crippen LogP contribution in [-0.2, 0) is 6.42 Å². The van der Waals surface area contributed by atoms with E-state index in [-0.39, 0.29) is 6.54 Å². The van der Waals surface area contributed by atoms with E-state index >= 15 is 0 Å². The van der Waals surface area contributed by atoms with Gasteiger partial charge in [-0.25, -0.2) is 0 Å². The van der Waals surface area contributed by atoms with Gasteiger partial charge in [0.1, 0.15) is 6.10 Å². The Bertz CT molecular complexity index is 427. The largest absolute Gasteiger partial charge is 0.390 e. The third-order valence-electron chi connectivity index (χ3n) is 3.34. The maximum Gasteiger partial charge on any atom is 0.105 e. The lowest BCUT2D eigenvalue weighted by Crippen LogP contribution is -2.21. The molecule has 2 N–H and O–H groups in total. The van der Waals surface area contributed by atoms with Gasteiger partial charge in [0.15, 0.2) is 0 Å². The normalized spacial score (nSPS) is 13.6. The Morgan fingerprint density at radius 3 is 2.45 bits per heavy atom. The zero-order chi connectivity index (χ0) is 14.8. The minimum atomic E-state index is -1.07. The molecule has 2 unspecified atom stereocenters. The summed E-state index contributed by atoms with van der Waals surface area (Å²) in [4.78, 5) is 2.57. The van der Waals surface area contributed by atoms with Gasteiger partial charge in [0.2, 0.25) is 0 Å². The summed E-state index contributed by atoms with van der Waals surface area (Å²) in [7, 11) is 0. The Morgan fingerprint density at radius 1 is 1.15 bits per heavy atom. The number of aliphatic hydroxyl groups excluding tert-OH is 2. The molecule has 0 amide bonds. The van der Waals surface area contributed by atoms with Gasteiger partial charge < -0.3 is 10.2 Å². The van der Waals surface area contributed by atoms with Crippen molar-refractivity contribution in [2.24, 2.45) is 5.11 Å². The van der Waals surface area contributed by atoms with Gasteiger partial charge >= 0.3 is 0 Å². The average Bonchev–Trinajstić information content (AvgIpc) is 2.49. The zero-order valence-corrected chi connectivity index (χ0v) is 11.9. The van der Waals surface area contributed by atoms with Crippen LogP contribution in [0.15, 0.2) is 29.4 Å². The molecule has 0 radical (unpaired) electrons. The second kappa shape index (κ2) is 9.37. The van der Waals surface area contributed by atoms with E-state index in [4.69, 9.17) is 5.53 Å². The summed E-state index contributed by atoms with van der Waals surface area (Å²) in [6.07, 6.45) is 3.87. The number of hydrogen-bond donors (Lipinski definition) is 2. The summed E-state index contributed by atoms with van der Waals surface area (Å²) in [5, 5.41) is 22.8. The molecule has 0 saturated heterocycles. The number of benzene rings is 1. The van der Waals surface area contributed by atoms with Crippen molar-refractivity contribution in [1.82, 2.24) is 0 Å². The van der Waals surface area contributed by atoms with E-state index in [0.29, 0.717) is 5.56 Å². The first-order valence-corrected chi connectivity index (χ1v) is 7.14. The molecule has 0 aliphatic heterocycles. The van der Waals surface area contributed by atoms with Gasteiger partial charge in [0, 0.05) is 4.91 Å². The fourth-order valence-electron chi connectivity index (χ4n) is 2.08. The van der Waals surface area contributed by atoms with Crippen molar-refractivity contribution in [3.05, 3.63) is 45.8 Å². The van der Waals surface area contributed by atoms with Gasteiger partial charge in [0.05, 0.1) is 12.6 Å². The first kappa shape index (κ1) is 16.5. The molecular weight excluding hydrogens is 254 g/mol. The van der Waals surface area contributed by atoms with E-state index in [9.17, 15) is 10.2 Å². The van der Waals surface area contributed by atoms with Crippen LogP contribution in [0.2, 0.25) is 0 Å². The highest BCUT2D eigenvalue weighted by Gasteiger charge is 2.17. The Kier molecular flexibility index (Phi) is 7.73. The molecule has 5 nitrogen and oxygen atoms in total. The molecule has 0 spiro atoms. The molecule has 1 rings (SSSR count). The van der Waals surface area contributed by atoms with E-state index in [0.717, 1.165) is 6.42 Å². The molecule has 0 fully saturated rings. The first-order valence-electron chi connectivity index (χ1n) is 7.14. The monoisotopic (exact) mass is 277 g/mol. The quantitative estimate of drug-likeness (QED) is 0.313. The minimum absolute atomic E-state index is 0.129. The predicted molar refractivity (Wildman–Crippen MR) is 79.3 cm³/mol.